The number of aromatic nitrogens is 2. The number of fused-ring (bicyclic) bond motifs is 1. The van der Waals surface area contributed by atoms with Gasteiger partial charge in [-0.3, -0.25) is 0 Å². The van der Waals surface area contributed by atoms with Gasteiger partial charge in [-0.15, -0.1) is 0 Å². The molecular formula is C21H29N3. The minimum absolute atomic E-state index is 0.711. The predicted molar refractivity (Wildman–Crippen MR) is 98.1 cm³/mol. The fraction of sp³-hybridized carbons (Fsp3) is 0.571. The second kappa shape index (κ2) is 7.52. The van der Waals surface area contributed by atoms with Crippen LogP contribution < -0.4 is 5.32 Å². The molecule has 1 aliphatic carbocycles. The maximum Gasteiger partial charge on any atom is 0.108 e. The first-order valence-corrected chi connectivity index (χ1v) is 9.67. The third kappa shape index (κ3) is 3.72. The molecule has 0 radical (unpaired) electrons. The number of aryl methyl sites for hydroxylation is 1. The van der Waals surface area contributed by atoms with Crippen molar-refractivity contribution in [1.82, 2.24) is 14.9 Å². The number of nitrogens with zero attached hydrogens (tertiary/aromatic N) is 2. The second-order valence-electron chi connectivity index (χ2n) is 7.62. The van der Waals surface area contributed by atoms with Crippen molar-refractivity contribution < 1.29 is 0 Å². The minimum atomic E-state index is 0.711. The van der Waals surface area contributed by atoms with E-state index in [1.54, 1.807) is 0 Å². The lowest BCUT2D eigenvalue weighted by Crippen LogP contribution is -2.36. The van der Waals surface area contributed by atoms with Crippen molar-refractivity contribution in [3.05, 3.63) is 54.1 Å². The molecule has 0 amide bonds. The molecule has 0 spiro atoms. The number of imidazole rings is 1. The monoisotopic (exact) mass is 323 g/mol. The number of hydrogen-bond donors (Lipinski definition) is 1. The van der Waals surface area contributed by atoms with Crippen molar-refractivity contribution >= 4 is 0 Å². The Morgan fingerprint density at radius 1 is 1.04 bits per heavy atom. The van der Waals surface area contributed by atoms with Crippen LogP contribution in [0.15, 0.2) is 42.7 Å². The molecule has 2 aromatic rings. The highest BCUT2D eigenvalue weighted by Gasteiger charge is 2.22. The zero-order valence-corrected chi connectivity index (χ0v) is 14.5. The average Bonchev–Trinajstić information content (AvgIpc) is 2.97. The van der Waals surface area contributed by atoms with Gasteiger partial charge in [0.25, 0.3) is 0 Å². The largest absolute Gasteiger partial charge is 0.335 e. The molecular weight excluding hydrogens is 294 g/mol. The number of nitrogens with one attached hydrogen (secondary N) is 1. The van der Waals surface area contributed by atoms with Gasteiger partial charge in [-0.2, -0.15) is 0 Å². The van der Waals surface area contributed by atoms with Crippen LogP contribution in [-0.4, -0.2) is 22.1 Å². The summed E-state index contributed by atoms with van der Waals surface area (Å²) >= 11 is 0. The van der Waals surface area contributed by atoms with E-state index < -0.39 is 0 Å². The van der Waals surface area contributed by atoms with E-state index in [0.29, 0.717) is 6.04 Å². The Morgan fingerprint density at radius 3 is 2.88 bits per heavy atom. The molecule has 0 saturated heterocycles. The summed E-state index contributed by atoms with van der Waals surface area (Å²) in [6.45, 7) is 2.31. The molecule has 1 saturated carbocycles. The van der Waals surface area contributed by atoms with E-state index in [2.05, 4.69) is 51.4 Å². The van der Waals surface area contributed by atoms with Crippen LogP contribution in [0.4, 0.5) is 0 Å². The van der Waals surface area contributed by atoms with Gasteiger partial charge in [-0.1, -0.05) is 36.8 Å². The molecule has 3 atom stereocenters. The molecule has 4 rings (SSSR count). The first kappa shape index (κ1) is 15.9. The first-order chi connectivity index (χ1) is 11.9. The molecule has 1 aliphatic heterocycles. The van der Waals surface area contributed by atoms with Crippen LogP contribution in [0.3, 0.4) is 0 Å². The summed E-state index contributed by atoms with van der Waals surface area (Å²) in [6.07, 6.45) is 13.2. The Kier molecular flexibility index (Phi) is 4.98. The van der Waals surface area contributed by atoms with E-state index in [1.807, 2.05) is 6.20 Å². The summed E-state index contributed by atoms with van der Waals surface area (Å²) in [5.41, 5.74) is 1.54. The van der Waals surface area contributed by atoms with E-state index in [4.69, 9.17) is 0 Å². The molecule has 1 aromatic carbocycles. The lowest BCUT2D eigenvalue weighted by Gasteiger charge is -2.26. The van der Waals surface area contributed by atoms with Crippen LogP contribution in [0.5, 0.6) is 0 Å². The van der Waals surface area contributed by atoms with Crippen molar-refractivity contribution in [1.29, 1.82) is 0 Å². The topological polar surface area (TPSA) is 29.9 Å². The fourth-order valence-electron chi connectivity index (χ4n) is 4.50. The Labute approximate surface area is 145 Å². The summed E-state index contributed by atoms with van der Waals surface area (Å²) in [5.74, 6) is 2.80. The number of benzene rings is 1. The second-order valence-corrected chi connectivity index (χ2v) is 7.62. The number of rotatable bonds is 4. The van der Waals surface area contributed by atoms with Gasteiger partial charge in [-0.25, -0.2) is 4.98 Å². The third-order valence-corrected chi connectivity index (χ3v) is 5.97. The SMILES string of the molecule is c1ccc(C2CCCC(NCC3CCc4nccn4C3)CC2)cc1. The lowest BCUT2D eigenvalue weighted by atomic mass is 9.92. The molecule has 3 nitrogen and oxygen atoms in total. The highest BCUT2D eigenvalue weighted by atomic mass is 15.1. The molecule has 2 aliphatic rings. The van der Waals surface area contributed by atoms with Gasteiger partial charge in [0.15, 0.2) is 0 Å². The molecule has 0 bridgehead atoms. The first-order valence-electron chi connectivity index (χ1n) is 9.67. The third-order valence-electron chi connectivity index (χ3n) is 5.97. The summed E-state index contributed by atoms with van der Waals surface area (Å²) < 4.78 is 2.34. The van der Waals surface area contributed by atoms with Gasteiger partial charge in [0.2, 0.25) is 0 Å². The Morgan fingerprint density at radius 2 is 1.96 bits per heavy atom. The molecule has 3 unspecified atom stereocenters. The lowest BCUT2D eigenvalue weighted by molar-refractivity contribution is 0.322. The quantitative estimate of drug-likeness (QED) is 0.857. The van der Waals surface area contributed by atoms with Crippen LogP contribution >= 0.6 is 0 Å². The van der Waals surface area contributed by atoms with E-state index >= 15 is 0 Å². The maximum atomic E-state index is 4.43. The van der Waals surface area contributed by atoms with Crippen LogP contribution in [-0.2, 0) is 13.0 Å². The van der Waals surface area contributed by atoms with Crippen LogP contribution in [0, 0.1) is 5.92 Å². The molecule has 1 aromatic heterocycles. The van der Waals surface area contributed by atoms with E-state index in [-0.39, 0.29) is 0 Å². The highest BCUT2D eigenvalue weighted by molar-refractivity contribution is 5.19. The molecule has 24 heavy (non-hydrogen) atoms. The summed E-state index contributed by atoms with van der Waals surface area (Å²) in [4.78, 5) is 4.43. The van der Waals surface area contributed by atoms with Gasteiger partial charge < -0.3 is 9.88 Å². The summed E-state index contributed by atoms with van der Waals surface area (Å²) in [6, 6.07) is 11.8. The van der Waals surface area contributed by atoms with E-state index in [0.717, 1.165) is 31.3 Å². The smallest absolute Gasteiger partial charge is 0.108 e. The molecule has 3 heteroatoms. The minimum Gasteiger partial charge on any atom is -0.335 e. The standard InChI is InChI=1S/C21H29N3/c1-2-5-18(6-3-1)19-7-4-8-20(11-10-19)23-15-17-9-12-21-22-13-14-24(21)16-17/h1-3,5-6,13-14,17,19-20,23H,4,7-12,15-16H2. The molecule has 128 valence electrons. The Balaban J connectivity index is 1.26. The van der Waals surface area contributed by atoms with Gasteiger partial charge in [0, 0.05) is 31.4 Å². The fourth-order valence-corrected chi connectivity index (χ4v) is 4.50. The summed E-state index contributed by atoms with van der Waals surface area (Å²) in [5, 5.41) is 3.89. The number of hydrogen-bond acceptors (Lipinski definition) is 2. The van der Waals surface area contributed by atoms with E-state index in [9.17, 15) is 0 Å². The van der Waals surface area contributed by atoms with Gasteiger partial charge in [-0.05, 0) is 56.0 Å². The Bertz CT molecular complexity index is 634. The molecule has 1 fully saturated rings. The van der Waals surface area contributed by atoms with E-state index in [1.165, 1.54) is 49.9 Å². The van der Waals surface area contributed by atoms with Gasteiger partial charge >= 0.3 is 0 Å². The van der Waals surface area contributed by atoms with Crippen LogP contribution in [0.1, 0.15) is 55.8 Å². The maximum absolute atomic E-state index is 4.43. The van der Waals surface area contributed by atoms with Crippen LogP contribution in [0.2, 0.25) is 0 Å². The molecule has 2 heterocycles. The zero-order chi connectivity index (χ0) is 16.2. The average molecular weight is 323 g/mol. The Hall–Kier alpha value is -1.61. The molecule has 1 N–H and O–H groups in total. The van der Waals surface area contributed by atoms with Crippen molar-refractivity contribution in [2.24, 2.45) is 5.92 Å². The van der Waals surface area contributed by atoms with Crippen molar-refractivity contribution in [2.75, 3.05) is 6.54 Å². The van der Waals surface area contributed by atoms with Gasteiger partial charge in [0.1, 0.15) is 5.82 Å². The van der Waals surface area contributed by atoms with Crippen molar-refractivity contribution in [3.8, 4) is 0 Å². The van der Waals surface area contributed by atoms with Crippen molar-refractivity contribution in [2.45, 2.75) is 63.5 Å². The van der Waals surface area contributed by atoms with Crippen molar-refractivity contribution in [3.63, 3.8) is 0 Å². The highest BCUT2D eigenvalue weighted by Crippen LogP contribution is 2.31. The van der Waals surface area contributed by atoms with Crippen LogP contribution in [0.25, 0.3) is 0 Å². The van der Waals surface area contributed by atoms with Gasteiger partial charge in [0.05, 0.1) is 0 Å². The summed E-state index contributed by atoms with van der Waals surface area (Å²) in [7, 11) is 0. The zero-order valence-electron chi connectivity index (χ0n) is 14.5. The normalized spacial score (nSPS) is 27.4. The predicted octanol–water partition coefficient (Wildman–Crippen LogP) is 4.15.